The highest BCUT2D eigenvalue weighted by atomic mass is 14.6. The van der Waals surface area contributed by atoms with Crippen LogP contribution in [0.15, 0.2) is 0 Å². The van der Waals surface area contributed by atoms with Gasteiger partial charge in [-0.3, -0.25) is 0 Å². The molecule has 0 amide bonds. The summed E-state index contributed by atoms with van der Waals surface area (Å²) < 4.78 is 0. The summed E-state index contributed by atoms with van der Waals surface area (Å²) in [6.45, 7) is 6.63. The smallest absolute Gasteiger partial charge is 0.00386 e. The summed E-state index contributed by atoms with van der Waals surface area (Å²) in [5, 5.41) is 0. The molecule has 0 aliphatic heterocycles. The Labute approximate surface area is 77.7 Å². The Kier molecular flexibility index (Phi) is 7.58. The molecule has 74 valence electrons. The zero-order valence-corrected chi connectivity index (χ0v) is 8.97. The lowest BCUT2D eigenvalue weighted by atomic mass is 9.92. The van der Waals surface area contributed by atoms with E-state index in [-0.39, 0.29) is 0 Å². The summed E-state index contributed by atoms with van der Waals surface area (Å²) in [4.78, 5) is 0. The number of hydrogen-bond donors (Lipinski definition) is 1. The van der Waals surface area contributed by atoms with Gasteiger partial charge in [0, 0.05) is 6.04 Å². The van der Waals surface area contributed by atoms with E-state index in [1.54, 1.807) is 0 Å². The Morgan fingerprint density at radius 1 is 1.08 bits per heavy atom. The van der Waals surface area contributed by atoms with Gasteiger partial charge in [0.1, 0.15) is 0 Å². The molecule has 0 aromatic heterocycles. The Morgan fingerprint density at radius 3 is 2.17 bits per heavy atom. The molecule has 0 fully saturated rings. The summed E-state index contributed by atoms with van der Waals surface area (Å²) in [5.74, 6) is 0.752. The average molecular weight is 171 g/mol. The van der Waals surface area contributed by atoms with Crippen LogP contribution in [0.2, 0.25) is 0 Å². The molecular weight excluding hydrogens is 146 g/mol. The van der Waals surface area contributed by atoms with Crippen LogP contribution in [0, 0.1) is 5.92 Å². The van der Waals surface area contributed by atoms with E-state index in [0.29, 0.717) is 6.04 Å². The molecule has 1 heteroatoms. The number of nitrogens with two attached hydrogens (primary N) is 1. The van der Waals surface area contributed by atoms with Gasteiger partial charge < -0.3 is 5.73 Å². The van der Waals surface area contributed by atoms with Crippen LogP contribution in [0.1, 0.15) is 59.3 Å². The molecule has 1 nitrogen and oxygen atoms in total. The summed E-state index contributed by atoms with van der Waals surface area (Å²) in [7, 11) is 0. The van der Waals surface area contributed by atoms with E-state index in [0.717, 1.165) is 5.92 Å². The van der Waals surface area contributed by atoms with Crippen LogP contribution < -0.4 is 5.73 Å². The molecule has 2 atom stereocenters. The number of unbranched alkanes of at least 4 members (excludes halogenated alkanes) is 3. The van der Waals surface area contributed by atoms with Gasteiger partial charge >= 0.3 is 0 Å². The summed E-state index contributed by atoms with van der Waals surface area (Å²) >= 11 is 0. The SMILES string of the molecule is CCCCCCC(CC)C(C)N. The highest BCUT2D eigenvalue weighted by Gasteiger charge is 2.09. The van der Waals surface area contributed by atoms with Crippen LogP contribution >= 0.6 is 0 Å². The molecular formula is C11H25N. The third-order valence-corrected chi connectivity index (χ3v) is 2.70. The fraction of sp³-hybridized carbons (Fsp3) is 1.00. The van der Waals surface area contributed by atoms with Gasteiger partial charge in [-0.15, -0.1) is 0 Å². The van der Waals surface area contributed by atoms with Crippen LogP contribution in [-0.2, 0) is 0 Å². The molecule has 0 saturated carbocycles. The molecule has 0 rings (SSSR count). The zero-order chi connectivity index (χ0) is 9.40. The third-order valence-electron chi connectivity index (χ3n) is 2.70. The van der Waals surface area contributed by atoms with Crippen molar-refractivity contribution in [3.8, 4) is 0 Å². The lowest BCUT2D eigenvalue weighted by molar-refractivity contribution is 0.383. The molecule has 0 heterocycles. The van der Waals surface area contributed by atoms with Crippen molar-refractivity contribution in [2.45, 2.75) is 65.3 Å². The topological polar surface area (TPSA) is 26.0 Å². The molecule has 0 aromatic rings. The van der Waals surface area contributed by atoms with Crippen molar-refractivity contribution >= 4 is 0 Å². The van der Waals surface area contributed by atoms with Crippen LogP contribution in [-0.4, -0.2) is 6.04 Å². The lowest BCUT2D eigenvalue weighted by Gasteiger charge is -2.18. The van der Waals surface area contributed by atoms with Gasteiger partial charge in [-0.25, -0.2) is 0 Å². The minimum absolute atomic E-state index is 0.386. The Morgan fingerprint density at radius 2 is 1.75 bits per heavy atom. The first-order chi connectivity index (χ1) is 5.72. The Balaban J connectivity index is 3.32. The van der Waals surface area contributed by atoms with Crippen molar-refractivity contribution in [1.82, 2.24) is 0 Å². The van der Waals surface area contributed by atoms with Crippen LogP contribution in [0.5, 0.6) is 0 Å². The standard InChI is InChI=1S/C11H25N/c1-4-6-7-8-9-11(5-2)10(3)12/h10-11H,4-9,12H2,1-3H3. The minimum atomic E-state index is 0.386. The van der Waals surface area contributed by atoms with Crippen molar-refractivity contribution in [2.24, 2.45) is 11.7 Å². The molecule has 0 saturated heterocycles. The van der Waals surface area contributed by atoms with Gasteiger partial charge in [-0.1, -0.05) is 46.0 Å². The van der Waals surface area contributed by atoms with Gasteiger partial charge in [0.15, 0.2) is 0 Å². The maximum atomic E-state index is 5.86. The van der Waals surface area contributed by atoms with E-state index in [1.807, 2.05) is 0 Å². The first kappa shape index (κ1) is 12.0. The second kappa shape index (κ2) is 7.60. The fourth-order valence-electron chi connectivity index (χ4n) is 1.67. The monoisotopic (exact) mass is 171 g/mol. The van der Waals surface area contributed by atoms with E-state index < -0.39 is 0 Å². The van der Waals surface area contributed by atoms with Crippen molar-refractivity contribution in [3.05, 3.63) is 0 Å². The molecule has 0 bridgehead atoms. The predicted molar refractivity (Wildman–Crippen MR) is 56.2 cm³/mol. The largest absolute Gasteiger partial charge is 0.328 e. The first-order valence-corrected chi connectivity index (χ1v) is 5.47. The molecule has 2 unspecified atom stereocenters. The van der Waals surface area contributed by atoms with Crippen LogP contribution in [0.3, 0.4) is 0 Å². The van der Waals surface area contributed by atoms with Gasteiger partial charge in [0.2, 0.25) is 0 Å². The normalized spacial score (nSPS) is 16.0. The number of rotatable bonds is 7. The highest BCUT2D eigenvalue weighted by molar-refractivity contribution is 4.66. The van der Waals surface area contributed by atoms with E-state index in [1.165, 1.54) is 38.5 Å². The molecule has 0 aliphatic carbocycles. The predicted octanol–water partition coefficient (Wildman–Crippen LogP) is 3.33. The van der Waals surface area contributed by atoms with Crippen molar-refractivity contribution in [3.63, 3.8) is 0 Å². The minimum Gasteiger partial charge on any atom is -0.328 e. The first-order valence-electron chi connectivity index (χ1n) is 5.47. The van der Waals surface area contributed by atoms with E-state index >= 15 is 0 Å². The summed E-state index contributed by atoms with van der Waals surface area (Å²) in [6.07, 6.45) is 8.04. The number of hydrogen-bond acceptors (Lipinski definition) is 1. The lowest BCUT2D eigenvalue weighted by Crippen LogP contribution is -2.25. The third kappa shape index (κ3) is 5.59. The summed E-state index contributed by atoms with van der Waals surface area (Å²) in [6, 6.07) is 0.386. The van der Waals surface area contributed by atoms with Gasteiger partial charge in [0.05, 0.1) is 0 Å². The van der Waals surface area contributed by atoms with E-state index in [2.05, 4.69) is 20.8 Å². The molecule has 0 radical (unpaired) electrons. The molecule has 12 heavy (non-hydrogen) atoms. The highest BCUT2D eigenvalue weighted by Crippen LogP contribution is 2.16. The maximum absolute atomic E-state index is 5.86. The molecule has 0 aliphatic rings. The molecule has 2 N–H and O–H groups in total. The maximum Gasteiger partial charge on any atom is 0.00386 e. The van der Waals surface area contributed by atoms with Gasteiger partial charge in [-0.2, -0.15) is 0 Å². The Bertz CT molecular complexity index is 89.0. The average Bonchev–Trinajstić information content (AvgIpc) is 2.04. The van der Waals surface area contributed by atoms with Crippen LogP contribution in [0.4, 0.5) is 0 Å². The van der Waals surface area contributed by atoms with Crippen molar-refractivity contribution < 1.29 is 0 Å². The van der Waals surface area contributed by atoms with Crippen LogP contribution in [0.25, 0.3) is 0 Å². The summed E-state index contributed by atoms with van der Waals surface area (Å²) in [5.41, 5.74) is 5.86. The zero-order valence-electron chi connectivity index (χ0n) is 8.97. The second-order valence-electron chi connectivity index (χ2n) is 3.88. The second-order valence-corrected chi connectivity index (χ2v) is 3.88. The van der Waals surface area contributed by atoms with E-state index in [9.17, 15) is 0 Å². The quantitative estimate of drug-likeness (QED) is 0.584. The van der Waals surface area contributed by atoms with Gasteiger partial charge in [-0.05, 0) is 19.3 Å². The van der Waals surface area contributed by atoms with Crippen molar-refractivity contribution in [2.75, 3.05) is 0 Å². The van der Waals surface area contributed by atoms with Gasteiger partial charge in [0.25, 0.3) is 0 Å². The van der Waals surface area contributed by atoms with Crippen molar-refractivity contribution in [1.29, 1.82) is 0 Å². The molecule has 0 spiro atoms. The fourth-order valence-corrected chi connectivity index (χ4v) is 1.67. The van der Waals surface area contributed by atoms with E-state index in [4.69, 9.17) is 5.73 Å². The Hall–Kier alpha value is -0.0400. The molecule has 0 aromatic carbocycles.